The summed E-state index contributed by atoms with van der Waals surface area (Å²) in [5.74, 6) is 0.0610. The number of benzene rings is 1. The molecule has 5 heteroatoms. The SMILES string of the molecule is O=C(c1ccc(CN2CCCC2)cc1)N1CCC2(CC1)[C@H](O)C[C@@H]2O. The molecular formula is C20H28N2O3. The van der Waals surface area contributed by atoms with Crippen molar-refractivity contribution in [3.05, 3.63) is 35.4 Å². The van der Waals surface area contributed by atoms with E-state index in [2.05, 4.69) is 17.0 Å². The van der Waals surface area contributed by atoms with Crippen molar-refractivity contribution in [2.75, 3.05) is 26.2 Å². The zero-order chi connectivity index (χ0) is 17.4. The van der Waals surface area contributed by atoms with Gasteiger partial charge in [-0.05, 0) is 56.5 Å². The minimum atomic E-state index is -0.412. The average molecular weight is 344 g/mol. The summed E-state index contributed by atoms with van der Waals surface area (Å²) in [6, 6.07) is 8.00. The molecule has 0 bridgehead atoms. The van der Waals surface area contributed by atoms with Gasteiger partial charge >= 0.3 is 0 Å². The highest BCUT2D eigenvalue weighted by atomic mass is 16.3. The van der Waals surface area contributed by atoms with Gasteiger partial charge in [-0.15, -0.1) is 0 Å². The van der Waals surface area contributed by atoms with E-state index in [1.54, 1.807) is 0 Å². The molecule has 1 aromatic carbocycles. The molecule has 4 rings (SSSR count). The van der Waals surface area contributed by atoms with Gasteiger partial charge in [0.05, 0.1) is 12.2 Å². The molecule has 3 fully saturated rings. The van der Waals surface area contributed by atoms with Gasteiger partial charge in [0.2, 0.25) is 0 Å². The Balaban J connectivity index is 1.35. The third-order valence-corrected chi connectivity index (χ3v) is 6.56. The standard InChI is InChI=1S/C20H28N2O3/c23-17-13-18(24)20(17)7-11-22(12-8-20)19(25)16-5-3-15(4-6-16)14-21-9-1-2-10-21/h3-6,17-18,23-24H,1-2,7-14H2/t17-,18+. The molecule has 25 heavy (non-hydrogen) atoms. The maximum atomic E-state index is 12.7. The molecule has 2 atom stereocenters. The molecule has 0 radical (unpaired) electrons. The Kier molecular flexibility index (Phi) is 4.56. The molecule has 1 amide bonds. The predicted octanol–water partition coefficient (Wildman–Crippen LogP) is 1.63. The lowest BCUT2D eigenvalue weighted by Gasteiger charge is -2.55. The maximum absolute atomic E-state index is 12.7. The first kappa shape index (κ1) is 17.0. The Labute approximate surface area is 149 Å². The monoisotopic (exact) mass is 344 g/mol. The highest BCUT2D eigenvalue weighted by Crippen LogP contribution is 2.49. The van der Waals surface area contributed by atoms with Crippen LogP contribution in [-0.2, 0) is 6.54 Å². The van der Waals surface area contributed by atoms with Gasteiger partial charge in [-0.25, -0.2) is 0 Å². The van der Waals surface area contributed by atoms with Crippen molar-refractivity contribution >= 4 is 5.91 Å². The minimum Gasteiger partial charge on any atom is -0.392 e. The number of aliphatic hydroxyl groups excluding tert-OH is 2. The van der Waals surface area contributed by atoms with Crippen molar-refractivity contribution in [1.82, 2.24) is 9.80 Å². The van der Waals surface area contributed by atoms with Crippen molar-refractivity contribution in [3.8, 4) is 0 Å². The third-order valence-electron chi connectivity index (χ3n) is 6.56. The number of amides is 1. The molecular weight excluding hydrogens is 316 g/mol. The molecule has 136 valence electrons. The van der Waals surface area contributed by atoms with E-state index in [0.717, 1.165) is 12.1 Å². The number of nitrogens with zero attached hydrogens (tertiary/aromatic N) is 2. The molecule has 2 aliphatic heterocycles. The zero-order valence-electron chi connectivity index (χ0n) is 14.7. The summed E-state index contributed by atoms with van der Waals surface area (Å²) >= 11 is 0. The quantitative estimate of drug-likeness (QED) is 0.875. The van der Waals surface area contributed by atoms with E-state index in [1.807, 2.05) is 17.0 Å². The van der Waals surface area contributed by atoms with Crippen LogP contribution in [0.25, 0.3) is 0 Å². The Morgan fingerprint density at radius 1 is 1.00 bits per heavy atom. The second-order valence-corrected chi connectivity index (χ2v) is 7.97. The molecule has 1 spiro atoms. The van der Waals surface area contributed by atoms with Crippen molar-refractivity contribution in [2.45, 2.75) is 50.9 Å². The van der Waals surface area contributed by atoms with Crippen LogP contribution >= 0.6 is 0 Å². The van der Waals surface area contributed by atoms with E-state index < -0.39 is 12.2 Å². The zero-order valence-corrected chi connectivity index (χ0v) is 14.7. The molecule has 0 unspecified atom stereocenters. The number of rotatable bonds is 3. The van der Waals surface area contributed by atoms with Crippen LogP contribution in [0.4, 0.5) is 0 Å². The lowest BCUT2D eigenvalue weighted by atomic mass is 9.58. The fourth-order valence-corrected chi connectivity index (χ4v) is 4.67. The van der Waals surface area contributed by atoms with Crippen LogP contribution < -0.4 is 0 Å². The van der Waals surface area contributed by atoms with Gasteiger partial charge in [-0.2, -0.15) is 0 Å². The first-order valence-corrected chi connectivity index (χ1v) is 9.55. The summed E-state index contributed by atoms with van der Waals surface area (Å²) < 4.78 is 0. The van der Waals surface area contributed by atoms with Crippen molar-refractivity contribution < 1.29 is 15.0 Å². The largest absolute Gasteiger partial charge is 0.392 e. The number of aliphatic hydroxyl groups is 2. The smallest absolute Gasteiger partial charge is 0.253 e. The summed E-state index contributed by atoms with van der Waals surface area (Å²) in [4.78, 5) is 17.0. The molecule has 0 aromatic heterocycles. The molecule has 1 aromatic rings. The van der Waals surface area contributed by atoms with Gasteiger partial charge in [0.15, 0.2) is 0 Å². The number of hydrogen-bond acceptors (Lipinski definition) is 4. The van der Waals surface area contributed by atoms with Gasteiger partial charge in [0.1, 0.15) is 0 Å². The van der Waals surface area contributed by atoms with Crippen LogP contribution in [0.5, 0.6) is 0 Å². The van der Waals surface area contributed by atoms with E-state index in [9.17, 15) is 15.0 Å². The highest BCUT2D eigenvalue weighted by Gasteiger charge is 2.55. The molecule has 2 heterocycles. The average Bonchev–Trinajstić information content (AvgIpc) is 3.15. The van der Waals surface area contributed by atoms with E-state index in [4.69, 9.17) is 0 Å². The van der Waals surface area contributed by atoms with Crippen molar-refractivity contribution in [3.63, 3.8) is 0 Å². The van der Waals surface area contributed by atoms with E-state index in [-0.39, 0.29) is 11.3 Å². The summed E-state index contributed by atoms with van der Waals surface area (Å²) in [6.45, 7) is 4.54. The van der Waals surface area contributed by atoms with Crippen LogP contribution in [0.1, 0.15) is 48.0 Å². The minimum absolute atomic E-state index is 0.0610. The summed E-state index contributed by atoms with van der Waals surface area (Å²) in [7, 11) is 0. The fourth-order valence-electron chi connectivity index (χ4n) is 4.67. The lowest BCUT2D eigenvalue weighted by molar-refractivity contribution is -0.187. The number of carbonyl (C=O) groups is 1. The normalized spacial score (nSPS) is 29.0. The van der Waals surface area contributed by atoms with Gasteiger partial charge < -0.3 is 15.1 Å². The molecule has 2 saturated heterocycles. The predicted molar refractivity (Wildman–Crippen MR) is 95.2 cm³/mol. The van der Waals surface area contributed by atoms with Crippen LogP contribution in [0.15, 0.2) is 24.3 Å². The number of carbonyl (C=O) groups excluding carboxylic acids is 1. The van der Waals surface area contributed by atoms with Crippen LogP contribution in [-0.4, -0.2) is 64.3 Å². The summed E-state index contributed by atoms with van der Waals surface area (Å²) in [6.07, 6.45) is 3.61. The second kappa shape index (κ2) is 6.71. The van der Waals surface area contributed by atoms with Gasteiger partial charge in [-0.1, -0.05) is 12.1 Å². The Hall–Kier alpha value is -1.43. The topological polar surface area (TPSA) is 64.0 Å². The molecule has 3 aliphatic rings. The Morgan fingerprint density at radius 2 is 1.60 bits per heavy atom. The number of likely N-dealkylation sites (tertiary alicyclic amines) is 2. The van der Waals surface area contributed by atoms with Crippen molar-refractivity contribution in [2.24, 2.45) is 5.41 Å². The first-order valence-electron chi connectivity index (χ1n) is 9.55. The van der Waals surface area contributed by atoms with Gasteiger partial charge in [-0.3, -0.25) is 9.69 Å². The summed E-state index contributed by atoms with van der Waals surface area (Å²) in [5.41, 5.74) is 1.63. The second-order valence-electron chi connectivity index (χ2n) is 7.97. The first-order chi connectivity index (χ1) is 12.1. The van der Waals surface area contributed by atoms with Crippen LogP contribution in [0.2, 0.25) is 0 Å². The van der Waals surface area contributed by atoms with E-state index in [1.165, 1.54) is 31.5 Å². The van der Waals surface area contributed by atoms with Crippen LogP contribution in [0.3, 0.4) is 0 Å². The third kappa shape index (κ3) is 3.09. The van der Waals surface area contributed by atoms with Gasteiger partial charge in [0.25, 0.3) is 5.91 Å². The lowest BCUT2D eigenvalue weighted by Crippen LogP contribution is -2.61. The van der Waals surface area contributed by atoms with Gasteiger partial charge in [0, 0.05) is 37.0 Å². The number of piperidine rings is 1. The molecule has 1 saturated carbocycles. The Bertz CT molecular complexity index is 606. The number of hydrogen-bond donors (Lipinski definition) is 2. The van der Waals surface area contributed by atoms with Crippen molar-refractivity contribution in [1.29, 1.82) is 0 Å². The van der Waals surface area contributed by atoms with E-state index >= 15 is 0 Å². The highest BCUT2D eigenvalue weighted by molar-refractivity contribution is 5.94. The molecule has 1 aliphatic carbocycles. The molecule has 2 N–H and O–H groups in total. The molecule has 5 nitrogen and oxygen atoms in total. The van der Waals surface area contributed by atoms with Crippen LogP contribution in [0, 0.1) is 5.41 Å². The summed E-state index contributed by atoms with van der Waals surface area (Å²) in [5, 5.41) is 20.0. The maximum Gasteiger partial charge on any atom is 0.253 e. The van der Waals surface area contributed by atoms with E-state index in [0.29, 0.717) is 32.4 Å². The fraction of sp³-hybridized carbons (Fsp3) is 0.650. The Morgan fingerprint density at radius 3 is 2.16 bits per heavy atom.